The summed E-state index contributed by atoms with van der Waals surface area (Å²) in [5.74, 6) is 0. The molecule has 1 aromatic carbocycles. The van der Waals surface area contributed by atoms with E-state index in [0.29, 0.717) is 6.54 Å². The minimum absolute atomic E-state index is 0.00868. The summed E-state index contributed by atoms with van der Waals surface area (Å²) < 4.78 is 0. The smallest absolute Gasteiger partial charge is 0.318 e. The number of hydrogen-bond acceptors (Lipinski definition) is 3. The van der Waals surface area contributed by atoms with Crippen LogP contribution in [0.25, 0.3) is 0 Å². The zero-order valence-electron chi connectivity index (χ0n) is 15.1. The predicted molar refractivity (Wildman–Crippen MR) is 103 cm³/mol. The van der Waals surface area contributed by atoms with E-state index in [1.54, 1.807) is 6.20 Å². The Morgan fingerprint density at radius 2 is 1.85 bits per heavy atom. The van der Waals surface area contributed by atoms with Crippen LogP contribution in [0.4, 0.5) is 10.5 Å². The van der Waals surface area contributed by atoms with Crippen molar-refractivity contribution in [3.8, 4) is 0 Å². The van der Waals surface area contributed by atoms with E-state index >= 15 is 0 Å². The van der Waals surface area contributed by atoms with Crippen LogP contribution in [0.2, 0.25) is 0 Å². The Balaban J connectivity index is 1.43. The van der Waals surface area contributed by atoms with Crippen LogP contribution in [-0.2, 0) is 6.54 Å². The highest BCUT2D eigenvalue weighted by Gasteiger charge is 2.30. The highest BCUT2D eigenvalue weighted by atomic mass is 16.2. The zero-order valence-corrected chi connectivity index (χ0v) is 15.1. The second-order valence-electron chi connectivity index (χ2n) is 7.09. The predicted octanol–water partition coefficient (Wildman–Crippen LogP) is 3.73. The third-order valence-electron chi connectivity index (χ3n) is 5.41. The maximum Gasteiger partial charge on any atom is 0.318 e. The number of para-hydroxylation sites is 1. The highest BCUT2D eigenvalue weighted by Crippen LogP contribution is 2.30. The van der Waals surface area contributed by atoms with E-state index in [0.717, 1.165) is 38.2 Å². The molecule has 0 spiro atoms. The summed E-state index contributed by atoms with van der Waals surface area (Å²) >= 11 is 0. The molecule has 2 aliphatic rings. The molecule has 1 atom stereocenters. The normalized spacial score (nSPS) is 19.8. The lowest BCUT2D eigenvalue weighted by molar-refractivity contribution is 0.191. The number of urea groups is 1. The molecule has 1 aromatic heterocycles. The first-order valence-electron chi connectivity index (χ1n) is 9.61. The van der Waals surface area contributed by atoms with Gasteiger partial charge in [-0.3, -0.25) is 4.98 Å². The van der Waals surface area contributed by atoms with E-state index in [9.17, 15) is 4.79 Å². The first-order chi connectivity index (χ1) is 12.8. The fourth-order valence-electron chi connectivity index (χ4n) is 4.09. The molecule has 5 heteroatoms. The standard InChI is InChI=1S/C21H26N4O/c26-21(25-15-7-11-20(25)18-9-3-4-12-22-18)23-16-17-8-1-2-10-19(17)24-13-5-6-14-24/h1-4,8-10,12,20H,5-7,11,13-16H2,(H,23,26)/t20-/m1/s1. The Hall–Kier alpha value is -2.56. The lowest BCUT2D eigenvalue weighted by atomic mass is 10.1. The Labute approximate surface area is 155 Å². The zero-order chi connectivity index (χ0) is 17.8. The van der Waals surface area contributed by atoms with Crippen molar-refractivity contribution in [2.45, 2.75) is 38.3 Å². The van der Waals surface area contributed by atoms with Gasteiger partial charge in [-0.1, -0.05) is 24.3 Å². The molecular weight excluding hydrogens is 324 g/mol. The van der Waals surface area contributed by atoms with Crippen LogP contribution >= 0.6 is 0 Å². The van der Waals surface area contributed by atoms with Crippen LogP contribution in [0.15, 0.2) is 48.7 Å². The van der Waals surface area contributed by atoms with Crippen molar-refractivity contribution in [1.82, 2.24) is 15.2 Å². The lowest BCUT2D eigenvalue weighted by Gasteiger charge is -2.26. The number of pyridine rings is 1. The number of nitrogens with one attached hydrogen (secondary N) is 1. The van der Waals surface area contributed by atoms with Crippen molar-refractivity contribution in [3.63, 3.8) is 0 Å². The van der Waals surface area contributed by atoms with E-state index in [1.165, 1.54) is 24.1 Å². The van der Waals surface area contributed by atoms with Gasteiger partial charge in [0.05, 0.1) is 11.7 Å². The van der Waals surface area contributed by atoms with Gasteiger partial charge in [0, 0.05) is 38.1 Å². The average Bonchev–Trinajstić information content (AvgIpc) is 3.39. The minimum Gasteiger partial charge on any atom is -0.371 e. The molecule has 2 saturated heterocycles. The summed E-state index contributed by atoms with van der Waals surface area (Å²) in [5.41, 5.74) is 3.43. The molecule has 4 rings (SSSR count). The summed E-state index contributed by atoms with van der Waals surface area (Å²) in [5, 5.41) is 3.14. The molecule has 0 saturated carbocycles. The SMILES string of the molecule is O=C(NCc1ccccc1N1CCCC1)N1CCC[C@@H]1c1ccccn1. The molecule has 1 N–H and O–H groups in total. The molecule has 2 aliphatic heterocycles. The summed E-state index contributed by atoms with van der Waals surface area (Å²) in [6.45, 7) is 3.58. The summed E-state index contributed by atoms with van der Waals surface area (Å²) in [6, 6.07) is 14.4. The van der Waals surface area contributed by atoms with Gasteiger partial charge < -0.3 is 15.1 Å². The second-order valence-corrected chi connectivity index (χ2v) is 7.09. The van der Waals surface area contributed by atoms with Crippen molar-refractivity contribution in [2.24, 2.45) is 0 Å². The Bertz CT molecular complexity index is 743. The summed E-state index contributed by atoms with van der Waals surface area (Å²) in [4.78, 5) is 21.6. The van der Waals surface area contributed by atoms with Gasteiger partial charge in [0.1, 0.15) is 0 Å². The molecule has 0 radical (unpaired) electrons. The molecule has 3 heterocycles. The number of aromatic nitrogens is 1. The molecule has 5 nitrogen and oxygen atoms in total. The molecule has 2 fully saturated rings. The molecule has 0 aliphatic carbocycles. The third kappa shape index (κ3) is 3.52. The van der Waals surface area contributed by atoms with Gasteiger partial charge in [-0.2, -0.15) is 0 Å². The number of carbonyl (C=O) groups is 1. The molecule has 136 valence electrons. The minimum atomic E-state index is 0.00868. The fourth-order valence-corrected chi connectivity index (χ4v) is 4.09. The van der Waals surface area contributed by atoms with E-state index in [-0.39, 0.29) is 12.1 Å². The number of nitrogens with zero attached hydrogens (tertiary/aromatic N) is 3. The van der Waals surface area contributed by atoms with Crippen LogP contribution in [0.1, 0.15) is 43.0 Å². The molecule has 2 amide bonds. The maximum atomic E-state index is 12.8. The van der Waals surface area contributed by atoms with Crippen LogP contribution in [0, 0.1) is 0 Å². The van der Waals surface area contributed by atoms with Crippen molar-refractivity contribution in [3.05, 3.63) is 59.9 Å². The number of benzene rings is 1. The van der Waals surface area contributed by atoms with Gasteiger partial charge in [-0.15, -0.1) is 0 Å². The van der Waals surface area contributed by atoms with Crippen molar-refractivity contribution in [1.29, 1.82) is 0 Å². The molecule has 2 aromatic rings. The van der Waals surface area contributed by atoms with Crippen LogP contribution in [0.5, 0.6) is 0 Å². The maximum absolute atomic E-state index is 12.8. The van der Waals surface area contributed by atoms with E-state index in [1.807, 2.05) is 29.2 Å². The van der Waals surface area contributed by atoms with Crippen LogP contribution in [0.3, 0.4) is 0 Å². The van der Waals surface area contributed by atoms with E-state index < -0.39 is 0 Å². The van der Waals surface area contributed by atoms with Crippen molar-refractivity contribution in [2.75, 3.05) is 24.5 Å². The van der Waals surface area contributed by atoms with Crippen LogP contribution < -0.4 is 10.2 Å². The van der Waals surface area contributed by atoms with Gasteiger partial charge in [-0.05, 0) is 49.4 Å². The molecule has 26 heavy (non-hydrogen) atoms. The largest absolute Gasteiger partial charge is 0.371 e. The van der Waals surface area contributed by atoms with Gasteiger partial charge >= 0.3 is 6.03 Å². The first kappa shape index (κ1) is 16.9. The number of carbonyl (C=O) groups excluding carboxylic acids is 1. The lowest BCUT2D eigenvalue weighted by Crippen LogP contribution is -2.39. The Morgan fingerprint density at radius 1 is 1.04 bits per heavy atom. The van der Waals surface area contributed by atoms with Crippen molar-refractivity contribution < 1.29 is 4.79 Å². The van der Waals surface area contributed by atoms with Gasteiger partial charge in [0.15, 0.2) is 0 Å². The Kier molecular flexibility index (Phi) is 5.04. The monoisotopic (exact) mass is 350 g/mol. The van der Waals surface area contributed by atoms with Gasteiger partial charge in [-0.25, -0.2) is 4.79 Å². The van der Waals surface area contributed by atoms with E-state index in [4.69, 9.17) is 0 Å². The average molecular weight is 350 g/mol. The number of amides is 2. The Morgan fingerprint density at radius 3 is 2.65 bits per heavy atom. The summed E-state index contributed by atoms with van der Waals surface area (Å²) in [6.07, 6.45) is 6.31. The van der Waals surface area contributed by atoms with Crippen molar-refractivity contribution >= 4 is 11.7 Å². The molecule has 0 bridgehead atoms. The van der Waals surface area contributed by atoms with Gasteiger partial charge in [0.25, 0.3) is 0 Å². The number of likely N-dealkylation sites (tertiary alicyclic amines) is 1. The summed E-state index contributed by atoms with van der Waals surface area (Å²) in [7, 11) is 0. The second kappa shape index (κ2) is 7.77. The number of hydrogen-bond donors (Lipinski definition) is 1. The fraction of sp³-hybridized carbons (Fsp3) is 0.429. The van der Waals surface area contributed by atoms with E-state index in [2.05, 4.69) is 33.4 Å². The molecular formula is C21H26N4O. The highest BCUT2D eigenvalue weighted by molar-refractivity contribution is 5.75. The number of anilines is 1. The molecule has 0 unspecified atom stereocenters. The van der Waals surface area contributed by atoms with Gasteiger partial charge in [0.2, 0.25) is 0 Å². The third-order valence-corrected chi connectivity index (χ3v) is 5.41. The van der Waals surface area contributed by atoms with Crippen LogP contribution in [-0.4, -0.2) is 35.5 Å². The quantitative estimate of drug-likeness (QED) is 0.914. The number of rotatable bonds is 4. The first-order valence-corrected chi connectivity index (χ1v) is 9.61. The topological polar surface area (TPSA) is 48.5 Å².